The molecule has 232 valence electrons. The van der Waals surface area contributed by atoms with Crippen molar-refractivity contribution in [2.45, 2.75) is 0 Å². The molecule has 0 fully saturated rings. The molecule has 7 nitrogen and oxygen atoms in total. The highest BCUT2D eigenvalue weighted by molar-refractivity contribution is 6.09. The van der Waals surface area contributed by atoms with Gasteiger partial charge in [0, 0.05) is 63.2 Å². The molecule has 0 spiro atoms. The topological polar surface area (TPSA) is 64.7 Å². The van der Waals surface area contributed by atoms with Gasteiger partial charge in [0.1, 0.15) is 0 Å². The van der Waals surface area contributed by atoms with E-state index >= 15 is 0 Å². The van der Waals surface area contributed by atoms with Crippen molar-refractivity contribution in [2.75, 3.05) is 4.90 Å². The van der Waals surface area contributed by atoms with Crippen molar-refractivity contribution in [3.8, 4) is 34.2 Å². The van der Waals surface area contributed by atoms with Crippen LogP contribution in [0.1, 0.15) is 0 Å². The van der Waals surface area contributed by atoms with Crippen LogP contribution in [0.3, 0.4) is 0 Å². The molecule has 0 saturated heterocycles. The smallest absolute Gasteiger partial charge is 0.169 e. The van der Waals surface area contributed by atoms with Crippen LogP contribution in [-0.2, 0) is 0 Å². The van der Waals surface area contributed by atoms with Crippen molar-refractivity contribution in [3.63, 3.8) is 0 Å². The van der Waals surface area contributed by atoms with E-state index in [4.69, 9.17) is 0 Å². The molecule has 9 rings (SSSR count). The van der Waals surface area contributed by atoms with Crippen molar-refractivity contribution >= 4 is 38.9 Å². The van der Waals surface area contributed by atoms with E-state index in [2.05, 4.69) is 151 Å². The summed E-state index contributed by atoms with van der Waals surface area (Å²) in [6, 6.07) is 52.7. The lowest BCUT2D eigenvalue weighted by atomic mass is 10.1. The average molecular weight is 632 g/mol. The van der Waals surface area contributed by atoms with Gasteiger partial charge < -0.3 is 9.47 Å². The zero-order valence-electron chi connectivity index (χ0n) is 26.4. The zero-order chi connectivity index (χ0) is 32.6. The zero-order valence-corrected chi connectivity index (χ0v) is 26.4. The molecule has 4 heterocycles. The van der Waals surface area contributed by atoms with E-state index in [-0.39, 0.29) is 0 Å². The highest BCUT2D eigenvalue weighted by atomic mass is 15.3. The minimum absolute atomic E-state index is 0.726. The number of para-hydroxylation sites is 3. The molecule has 0 aliphatic carbocycles. The van der Waals surface area contributed by atoms with Crippen LogP contribution in [0.2, 0.25) is 0 Å². The number of hydrogen-bond donors (Lipinski definition) is 0. The first kappa shape index (κ1) is 28.4. The van der Waals surface area contributed by atoms with Crippen LogP contribution >= 0.6 is 0 Å². The van der Waals surface area contributed by atoms with E-state index in [9.17, 15) is 0 Å². The lowest BCUT2D eigenvalue weighted by Gasteiger charge is -2.26. The Morgan fingerprint density at radius 2 is 0.939 bits per heavy atom. The molecule has 0 N–H and O–H groups in total. The molecule has 7 heteroatoms. The fourth-order valence-electron chi connectivity index (χ4n) is 6.63. The Bertz CT molecular complexity index is 2470. The van der Waals surface area contributed by atoms with Gasteiger partial charge in [0.25, 0.3) is 0 Å². The van der Waals surface area contributed by atoms with E-state index in [1.54, 1.807) is 18.6 Å². The quantitative estimate of drug-likeness (QED) is 0.175. The van der Waals surface area contributed by atoms with Gasteiger partial charge in [-0.05, 0) is 97.1 Å². The molecule has 4 aromatic heterocycles. The van der Waals surface area contributed by atoms with Crippen LogP contribution in [-0.4, -0.2) is 29.3 Å². The molecule has 0 aliphatic heterocycles. The summed E-state index contributed by atoms with van der Waals surface area (Å²) in [6.07, 6.45) is 7.12. The molecule has 0 unspecified atom stereocenters. The number of aromatic nitrogens is 6. The minimum Gasteiger partial charge on any atom is -0.311 e. The average Bonchev–Trinajstić information content (AvgIpc) is 3.77. The second-order valence-electron chi connectivity index (χ2n) is 11.7. The van der Waals surface area contributed by atoms with Gasteiger partial charge in [0.2, 0.25) is 0 Å². The Balaban J connectivity index is 1.12. The molecule has 49 heavy (non-hydrogen) atoms. The Morgan fingerprint density at radius 1 is 0.388 bits per heavy atom. The van der Waals surface area contributed by atoms with Gasteiger partial charge in [-0.15, -0.1) is 10.2 Å². The normalized spacial score (nSPS) is 11.3. The Labute approximate surface area is 283 Å². The van der Waals surface area contributed by atoms with Crippen molar-refractivity contribution in [1.82, 2.24) is 29.3 Å². The lowest BCUT2D eigenvalue weighted by Crippen LogP contribution is -2.10. The van der Waals surface area contributed by atoms with E-state index in [1.165, 1.54) is 21.8 Å². The second kappa shape index (κ2) is 12.1. The van der Waals surface area contributed by atoms with E-state index < -0.39 is 0 Å². The number of benzene rings is 5. The summed E-state index contributed by atoms with van der Waals surface area (Å²) < 4.78 is 4.38. The van der Waals surface area contributed by atoms with E-state index in [0.717, 1.165) is 51.2 Å². The number of hydrogen-bond acceptors (Lipinski definition) is 5. The van der Waals surface area contributed by atoms with Gasteiger partial charge in [0.05, 0.1) is 22.9 Å². The maximum absolute atomic E-state index is 4.66. The SMILES string of the molecule is c1ccc(N(c2ccc(-c3nnc(-c4ccncc4)n3-c3cccnc3)cc2)c2ccc(-n3c4ccccc4c4ccccc43)cc2)cc1. The van der Waals surface area contributed by atoms with Gasteiger partial charge >= 0.3 is 0 Å². The van der Waals surface area contributed by atoms with Crippen LogP contribution in [0, 0.1) is 0 Å². The monoisotopic (exact) mass is 631 g/mol. The van der Waals surface area contributed by atoms with E-state index in [0.29, 0.717) is 0 Å². The summed E-state index contributed by atoms with van der Waals surface area (Å²) in [7, 11) is 0. The number of pyridine rings is 2. The molecule has 0 radical (unpaired) electrons. The molecule has 0 amide bonds. The van der Waals surface area contributed by atoms with Crippen LogP contribution in [0.15, 0.2) is 176 Å². The van der Waals surface area contributed by atoms with E-state index in [1.807, 2.05) is 41.1 Å². The first-order chi connectivity index (χ1) is 24.3. The summed E-state index contributed by atoms with van der Waals surface area (Å²) in [5, 5.41) is 11.8. The number of anilines is 3. The maximum atomic E-state index is 4.66. The summed E-state index contributed by atoms with van der Waals surface area (Å²) >= 11 is 0. The van der Waals surface area contributed by atoms with Crippen LogP contribution in [0.4, 0.5) is 17.1 Å². The van der Waals surface area contributed by atoms with Gasteiger partial charge in [-0.25, -0.2) is 0 Å². The third-order valence-electron chi connectivity index (χ3n) is 8.85. The molecule has 0 aliphatic rings. The predicted octanol–water partition coefficient (Wildman–Crippen LogP) is 9.96. The summed E-state index contributed by atoms with van der Waals surface area (Å²) in [6.45, 7) is 0. The highest BCUT2D eigenvalue weighted by Gasteiger charge is 2.19. The highest BCUT2D eigenvalue weighted by Crippen LogP contribution is 2.38. The second-order valence-corrected chi connectivity index (χ2v) is 11.7. The lowest BCUT2D eigenvalue weighted by molar-refractivity contribution is 1.05. The molecule has 0 atom stereocenters. The molecule has 9 aromatic rings. The van der Waals surface area contributed by atoms with Crippen molar-refractivity contribution < 1.29 is 0 Å². The van der Waals surface area contributed by atoms with Crippen molar-refractivity contribution in [1.29, 1.82) is 0 Å². The summed E-state index contributed by atoms with van der Waals surface area (Å²) in [5.74, 6) is 1.46. The van der Waals surface area contributed by atoms with Crippen molar-refractivity contribution in [3.05, 3.63) is 176 Å². The number of nitrogens with zero attached hydrogens (tertiary/aromatic N) is 7. The van der Waals surface area contributed by atoms with Gasteiger partial charge in [-0.3, -0.25) is 14.5 Å². The van der Waals surface area contributed by atoms with Gasteiger partial charge in [0.15, 0.2) is 11.6 Å². The minimum atomic E-state index is 0.726. The molecular formula is C42H29N7. The predicted molar refractivity (Wildman–Crippen MR) is 197 cm³/mol. The first-order valence-corrected chi connectivity index (χ1v) is 16.1. The summed E-state index contributed by atoms with van der Waals surface area (Å²) in [4.78, 5) is 10.8. The van der Waals surface area contributed by atoms with Crippen LogP contribution < -0.4 is 4.90 Å². The fraction of sp³-hybridized carbons (Fsp3) is 0. The standard InChI is InChI=1S/C42H29N7/c1-2-9-32(10-3-1)47(34-20-22-35(23-21-34)48-39-14-6-4-12-37(39)38-13-5-7-15-40(38)48)33-18-16-30(17-19-33)41-45-46-42(31-24-27-43-28-25-31)49(41)36-11-8-26-44-29-36/h1-29H. The largest absolute Gasteiger partial charge is 0.311 e. The third-order valence-corrected chi connectivity index (χ3v) is 8.85. The van der Waals surface area contributed by atoms with Crippen LogP contribution in [0.5, 0.6) is 0 Å². The molecule has 5 aromatic carbocycles. The Kier molecular flexibility index (Phi) is 6.98. The first-order valence-electron chi connectivity index (χ1n) is 16.1. The summed E-state index contributed by atoms with van der Waals surface area (Å²) in [5.41, 5.74) is 9.40. The third kappa shape index (κ3) is 5.01. The van der Waals surface area contributed by atoms with Gasteiger partial charge in [-0.1, -0.05) is 54.6 Å². The van der Waals surface area contributed by atoms with Gasteiger partial charge in [-0.2, -0.15) is 0 Å². The fourth-order valence-corrected chi connectivity index (χ4v) is 6.63. The van der Waals surface area contributed by atoms with Crippen molar-refractivity contribution in [2.24, 2.45) is 0 Å². The Morgan fingerprint density at radius 3 is 1.55 bits per heavy atom. The molecule has 0 saturated carbocycles. The number of fused-ring (bicyclic) bond motifs is 3. The van der Waals surface area contributed by atoms with Crippen LogP contribution in [0.25, 0.3) is 56.0 Å². The molecular weight excluding hydrogens is 603 g/mol. The maximum Gasteiger partial charge on any atom is 0.169 e. The number of rotatable bonds is 7. The molecule has 0 bridgehead atoms. The Hall–Kier alpha value is -6.86.